The number of nitriles is 2. The number of benzene rings is 1. The molecule has 0 radical (unpaired) electrons. The molecule has 1 heterocycles. The molecule has 0 unspecified atom stereocenters. The van der Waals surface area contributed by atoms with Gasteiger partial charge in [0.05, 0.1) is 12.0 Å². The highest BCUT2D eigenvalue weighted by Gasteiger charge is 2.21. The first-order valence-electron chi connectivity index (χ1n) is 6.01. The molecule has 10 heteroatoms. The Kier molecular flexibility index (Phi) is 4.59. The number of nitro groups is 1. The van der Waals surface area contributed by atoms with Gasteiger partial charge in [-0.1, -0.05) is 0 Å². The number of hydrogen-bond acceptors (Lipinski definition) is 9. The van der Waals surface area contributed by atoms with Crippen molar-refractivity contribution >= 4 is 38.8 Å². The summed E-state index contributed by atoms with van der Waals surface area (Å²) in [6.45, 7) is 0. The van der Waals surface area contributed by atoms with Crippen LogP contribution in [-0.2, 0) is 4.74 Å². The van der Waals surface area contributed by atoms with E-state index in [4.69, 9.17) is 10.5 Å². The van der Waals surface area contributed by atoms with Gasteiger partial charge in [0.25, 0.3) is 5.69 Å². The number of carbonyl (C=O) groups excluding carboxylic acids is 1. The highest BCUT2D eigenvalue weighted by atomic mass is 32.1. The van der Waals surface area contributed by atoms with Crippen LogP contribution in [0.1, 0.15) is 9.67 Å². The summed E-state index contributed by atoms with van der Waals surface area (Å²) in [4.78, 5) is 22.2. The van der Waals surface area contributed by atoms with Gasteiger partial charge in [-0.2, -0.15) is 20.8 Å². The van der Waals surface area contributed by atoms with Crippen molar-refractivity contribution in [1.29, 1.82) is 10.5 Å². The van der Waals surface area contributed by atoms with Gasteiger partial charge < -0.3 is 4.74 Å². The number of nitro benzene ring substituents is 1. The second kappa shape index (κ2) is 6.60. The summed E-state index contributed by atoms with van der Waals surface area (Å²) in [5.74, 6) is -0.687. The second-order valence-corrected chi connectivity index (χ2v) is 5.14. The SMILES string of the molecule is COC(=O)c1sc2ccc([N+](=O)[O-])cc2c1N=NC(C#N)C#N. The first-order valence-corrected chi connectivity index (χ1v) is 6.82. The topological polar surface area (TPSA) is 142 Å². The average Bonchev–Trinajstić information content (AvgIpc) is 2.92. The van der Waals surface area contributed by atoms with Crippen LogP contribution in [0.15, 0.2) is 28.4 Å². The van der Waals surface area contributed by atoms with E-state index < -0.39 is 16.9 Å². The lowest BCUT2D eigenvalue weighted by Gasteiger charge is -1.97. The van der Waals surface area contributed by atoms with E-state index in [1.165, 1.54) is 25.3 Å². The van der Waals surface area contributed by atoms with Gasteiger partial charge in [0.1, 0.15) is 22.7 Å². The predicted octanol–water partition coefficient (Wildman–Crippen LogP) is 3.10. The number of ether oxygens (including phenoxy) is 1. The molecule has 2 aromatic rings. The van der Waals surface area contributed by atoms with Gasteiger partial charge in [0.15, 0.2) is 0 Å². The Morgan fingerprint density at radius 1 is 1.43 bits per heavy atom. The maximum absolute atomic E-state index is 11.8. The first-order chi connectivity index (χ1) is 11.0. The normalized spacial score (nSPS) is 10.6. The molecule has 23 heavy (non-hydrogen) atoms. The summed E-state index contributed by atoms with van der Waals surface area (Å²) < 4.78 is 5.21. The number of nitrogens with zero attached hydrogens (tertiary/aromatic N) is 5. The van der Waals surface area contributed by atoms with Crippen molar-refractivity contribution in [2.24, 2.45) is 10.2 Å². The highest BCUT2D eigenvalue weighted by Crippen LogP contribution is 2.40. The smallest absolute Gasteiger partial charge is 0.350 e. The number of hydrogen-bond donors (Lipinski definition) is 0. The molecule has 0 aliphatic rings. The van der Waals surface area contributed by atoms with Gasteiger partial charge >= 0.3 is 5.97 Å². The van der Waals surface area contributed by atoms with Crippen molar-refractivity contribution in [3.63, 3.8) is 0 Å². The zero-order valence-corrected chi connectivity index (χ0v) is 12.4. The molecule has 0 aliphatic heterocycles. The Morgan fingerprint density at radius 3 is 2.70 bits per heavy atom. The molecule has 1 aromatic heterocycles. The molecular formula is C13H7N5O4S. The average molecular weight is 329 g/mol. The summed E-state index contributed by atoms with van der Waals surface area (Å²) in [5, 5.41) is 35.9. The van der Waals surface area contributed by atoms with Crippen LogP contribution >= 0.6 is 11.3 Å². The third-order valence-electron chi connectivity index (χ3n) is 2.74. The van der Waals surface area contributed by atoms with E-state index in [0.29, 0.717) is 10.1 Å². The van der Waals surface area contributed by atoms with Crippen LogP contribution in [0.3, 0.4) is 0 Å². The quantitative estimate of drug-likeness (QED) is 0.365. The minimum atomic E-state index is -1.34. The molecule has 0 saturated carbocycles. The van der Waals surface area contributed by atoms with Crippen LogP contribution in [0, 0.1) is 32.8 Å². The van der Waals surface area contributed by atoms with Crippen molar-refractivity contribution in [3.8, 4) is 12.1 Å². The standard InChI is InChI=1S/C13H7N5O4S/c1-22-13(19)12-11(17-16-7(5-14)6-15)9-4-8(18(20)21)2-3-10(9)23-12/h2-4,7H,1H3. The fraction of sp³-hybridized carbons (Fsp3) is 0.154. The Labute approximate surface area is 133 Å². The molecule has 0 aliphatic carbocycles. The monoisotopic (exact) mass is 329 g/mol. The van der Waals surface area contributed by atoms with Gasteiger partial charge in [-0.15, -0.1) is 11.3 Å². The fourth-order valence-corrected chi connectivity index (χ4v) is 2.75. The van der Waals surface area contributed by atoms with Gasteiger partial charge in [-0.3, -0.25) is 10.1 Å². The molecule has 0 atom stereocenters. The molecule has 114 valence electrons. The van der Waals surface area contributed by atoms with Crippen LogP contribution < -0.4 is 0 Å². The second-order valence-electron chi connectivity index (χ2n) is 4.09. The maximum Gasteiger partial charge on any atom is 0.350 e. The molecule has 2 rings (SSSR count). The Hall–Kier alpha value is -3.37. The summed E-state index contributed by atoms with van der Waals surface area (Å²) in [6.07, 6.45) is 0. The fourth-order valence-electron chi connectivity index (χ4n) is 1.71. The summed E-state index contributed by atoms with van der Waals surface area (Å²) >= 11 is 1.03. The summed E-state index contributed by atoms with van der Waals surface area (Å²) in [6, 6.07) is 5.92. The van der Waals surface area contributed by atoms with Crippen molar-refractivity contribution in [3.05, 3.63) is 33.2 Å². The van der Waals surface area contributed by atoms with Crippen LogP contribution in [0.2, 0.25) is 0 Å². The lowest BCUT2D eigenvalue weighted by molar-refractivity contribution is -0.384. The van der Waals surface area contributed by atoms with E-state index >= 15 is 0 Å². The van der Waals surface area contributed by atoms with Crippen LogP contribution in [-0.4, -0.2) is 24.0 Å². The van der Waals surface area contributed by atoms with E-state index in [1.807, 2.05) is 0 Å². The number of thiophene rings is 1. The highest BCUT2D eigenvalue weighted by molar-refractivity contribution is 7.21. The van der Waals surface area contributed by atoms with Gasteiger partial charge in [0, 0.05) is 22.2 Å². The molecule has 0 spiro atoms. The molecule has 1 aromatic carbocycles. The Bertz CT molecular complexity index is 891. The van der Waals surface area contributed by atoms with Crippen molar-refractivity contribution in [2.75, 3.05) is 7.11 Å². The van der Waals surface area contributed by atoms with E-state index in [0.717, 1.165) is 11.3 Å². The number of carbonyl (C=O) groups is 1. The van der Waals surface area contributed by atoms with Crippen LogP contribution in [0.5, 0.6) is 0 Å². The Morgan fingerprint density at radius 2 is 2.13 bits per heavy atom. The number of azo groups is 1. The van der Waals surface area contributed by atoms with Gasteiger partial charge in [-0.25, -0.2) is 4.79 Å². The number of rotatable bonds is 4. The lowest BCUT2D eigenvalue weighted by atomic mass is 10.2. The van der Waals surface area contributed by atoms with Crippen LogP contribution in [0.4, 0.5) is 11.4 Å². The van der Waals surface area contributed by atoms with E-state index in [2.05, 4.69) is 15.0 Å². The zero-order valence-electron chi connectivity index (χ0n) is 11.6. The lowest BCUT2D eigenvalue weighted by Crippen LogP contribution is -1.98. The van der Waals surface area contributed by atoms with Crippen molar-refractivity contribution < 1.29 is 14.5 Å². The molecule has 0 N–H and O–H groups in total. The molecule has 9 nitrogen and oxygen atoms in total. The maximum atomic E-state index is 11.8. The molecule has 0 saturated heterocycles. The zero-order chi connectivity index (χ0) is 17.0. The van der Waals surface area contributed by atoms with E-state index in [-0.39, 0.29) is 16.3 Å². The minimum absolute atomic E-state index is 0.0380. The molecule has 0 fully saturated rings. The number of esters is 1. The summed E-state index contributed by atoms with van der Waals surface area (Å²) in [5.41, 5.74) is -0.142. The summed E-state index contributed by atoms with van der Waals surface area (Å²) in [7, 11) is 1.18. The largest absolute Gasteiger partial charge is 0.465 e. The van der Waals surface area contributed by atoms with E-state index in [9.17, 15) is 14.9 Å². The third kappa shape index (κ3) is 3.12. The number of methoxy groups -OCH3 is 1. The molecule has 0 bridgehead atoms. The Balaban J connectivity index is 2.68. The first kappa shape index (κ1) is 16.0. The molecular weight excluding hydrogens is 322 g/mol. The van der Waals surface area contributed by atoms with Gasteiger partial charge in [-0.05, 0) is 6.07 Å². The van der Waals surface area contributed by atoms with Gasteiger partial charge in [0.2, 0.25) is 6.04 Å². The molecule has 0 amide bonds. The predicted molar refractivity (Wildman–Crippen MR) is 79.3 cm³/mol. The van der Waals surface area contributed by atoms with Crippen LogP contribution in [0.25, 0.3) is 10.1 Å². The number of non-ortho nitro benzene ring substituents is 1. The third-order valence-corrected chi connectivity index (χ3v) is 3.88. The number of fused-ring (bicyclic) bond motifs is 1. The minimum Gasteiger partial charge on any atom is -0.465 e. The van der Waals surface area contributed by atoms with Crippen molar-refractivity contribution in [2.45, 2.75) is 6.04 Å². The van der Waals surface area contributed by atoms with Crippen molar-refractivity contribution in [1.82, 2.24) is 0 Å². The van der Waals surface area contributed by atoms with E-state index in [1.54, 1.807) is 12.1 Å².